The first-order chi connectivity index (χ1) is 10.6. The summed E-state index contributed by atoms with van der Waals surface area (Å²) in [6.45, 7) is 1.11. The minimum atomic E-state index is 0.126. The van der Waals surface area contributed by atoms with Crippen molar-refractivity contribution in [1.29, 1.82) is 0 Å². The smallest absolute Gasteiger partial charge is 0.189 e. The van der Waals surface area contributed by atoms with Gasteiger partial charge in [-0.1, -0.05) is 18.2 Å². The maximum Gasteiger partial charge on any atom is 0.189 e. The van der Waals surface area contributed by atoms with Crippen molar-refractivity contribution in [2.24, 2.45) is 17.8 Å². The Morgan fingerprint density at radius 1 is 1.55 bits per heavy atom. The van der Waals surface area contributed by atoms with Gasteiger partial charge in [0.25, 0.3) is 0 Å². The van der Waals surface area contributed by atoms with Gasteiger partial charge in [0, 0.05) is 25.2 Å². The SMILES string of the molecule is Cn1cc(Br)c(CN=C(N)NC2CCOc3ccccc32)n1. The average Bonchev–Trinajstić information content (AvgIpc) is 2.83. The van der Waals surface area contributed by atoms with E-state index in [0.717, 1.165) is 27.9 Å². The zero-order valence-corrected chi connectivity index (χ0v) is 13.9. The van der Waals surface area contributed by atoms with Gasteiger partial charge in [0.2, 0.25) is 0 Å². The molecule has 1 aliphatic rings. The van der Waals surface area contributed by atoms with E-state index in [1.54, 1.807) is 4.68 Å². The molecule has 0 amide bonds. The predicted molar refractivity (Wildman–Crippen MR) is 88.7 cm³/mol. The van der Waals surface area contributed by atoms with E-state index in [2.05, 4.69) is 37.4 Å². The quantitative estimate of drug-likeness (QED) is 0.646. The molecule has 0 saturated carbocycles. The number of fused-ring (bicyclic) bond motifs is 1. The third-order valence-electron chi connectivity index (χ3n) is 3.53. The van der Waals surface area contributed by atoms with Gasteiger partial charge >= 0.3 is 0 Å². The Hall–Kier alpha value is -2.02. The van der Waals surface area contributed by atoms with Crippen LogP contribution in [0.15, 0.2) is 39.9 Å². The number of aliphatic imine (C=N–C) groups is 1. The number of aryl methyl sites for hydroxylation is 1. The van der Waals surface area contributed by atoms with Crippen LogP contribution in [-0.2, 0) is 13.6 Å². The first kappa shape index (κ1) is 14.9. The van der Waals surface area contributed by atoms with Crippen LogP contribution in [0.3, 0.4) is 0 Å². The van der Waals surface area contributed by atoms with Crippen LogP contribution in [0.1, 0.15) is 23.7 Å². The zero-order chi connectivity index (χ0) is 15.5. The number of benzene rings is 1. The summed E-state index contributed by atoms with van der Waals surface area (Å²) in [5.74, 6) is 1.32. The molecule has 1 unspecified atom stereocenters. The number of guanidine groups is 1. The lowest BCUT2D eigenvalue weighted by molar-refractivity contribution is 0.262. The normalized spacial score (nSPS) is 17.7. The predicted octanol–water partition coefficient (Wildman–Crippen LogP) is 2.11. The van der Waals surface area contributed by atoms with Gasteiger partial charge in [0.05, 0.1) is 29.4 Å². The van der Waals surface area contributed by atoms with Gasteiger partial charge in [0.15, 0.2) is 5.96 Å². The second-order valence-corrected chi connectivity index (χ2v) is 6.03. The number of nitrogens with one attached hydrogen (secondary N) is 1. The Morgan fingerprint density at radius 3 is 3.14 bits per heavy atom. The fourth-order valence-electron chi connectivity index (χ4n) is 2.49. The van der Waals surface area contributed by atoms with Gasteiger partial charge < -0.3 is 15.8 Å². The van der Waals surface area contributed by atoms with E-state index in [9.17, 15) is 0 Å². The number of rotatable bonds is 3. The number of hydrogen-bond acceptors (Lipinski definition) is 3. The highest BCUT2D eigenvalue weighted by Gasteiger charge is 2.21. The monoisotopic (exact) mass is 363 g/mol. The van der Waals surface area contributed by atoms with E-state index in [-0.39, 0.29) is 6.04 Å². The molecule has 1 aromatic heterocycles. The molecule has 0 saturated heterocycles. The second kappa shape index (κ2) is 6.39. The van der Waals surface area contributed by atoms with Crippen molar-refractivity contribution in [1.82, 2.24) is 15.1 Å². The Kier molecular flexibility index (Phi) is 4.33. The summed E-state index contributed by atoms with van der Waals surface area (Å²) in [5, 5.41) is 7.59. The van der Waals surface area contributed by atoms with E-state index in [0.29, 0.717) is 19.1 Å². The number of aromatic nitrogens is 2. The summed E-state index contributed by atoms with van der Waals surface area (Å²) < 4.78 is 8.32. The van der Waals surface area contributed by atoms with Crippen molar-refractivity contribution in [2.75, 3.05) is 6.61 Å². The molecule has 2 heterocycles. The van der Waals surface area contributed by atoms with Crippen molar-refractivity contribution in [3.8, 4) is 5.75 Å². The van der Waals surface area contributed by atoms with Crippen LogP contribution in [-0.4, -0.2) is 22.3 Å². The maximum atomic E-state index is 6.01. The number of ether oxygens (including phenoxy) is 1. The Bertz CT molecular complexity index is 697. The number of halogens is 1. The molecule has 0 spiro atoms. The van der Waals surface area contributed by atoms with Crippen LogP contribution in [0.25, 0.3) is 0 Å². The van der Waals surface area contributed by atoms with Crippen LogP contribution >= 0.6 is 15.9 Å². The summed E-state index contributed by atoms with van der Waals surface area (Å²) in [4.78, 5) is 4.37. The molecule has 1 atom stereocenters. The molecule has 6 nitrogen and oxygen atoms in total. The average molecular weight is 364 g/mol. The Morgan fingerprint density at radius 2 is 2.36 bits per heavy atom. The minimum Gasteiger partial charge on any atom is -0.493 e. The molecular formula is C15H18BrN5O. The zero-order valence-electron chi connectivity index (χ0n) is 12.3. The molecule has 0 radical (unpaired) electrons. The summed E-state index contributed by atoms with van der Waals surface area (Å²) in [5.41, 5.74) is 7.99. The van der Waals surface area contributed by atoms with Crippen LogP contribution in [0, 0.1) is 0 Å². The van der Waals surface area contributed by atoms with Crippen LogP contribution in [0.4, 0.5) is 0 Å². The van der Waals surface area contributed by atoms with Gasteiger partial charge in [0.1, 0.15) is 5.75 Å². The molecule has 1 aliphatic heterocycles. The molecule has 0 fully saturated rings. The number of nitrogens with zero attached hydrogens (tertiary/aromatic N) is 3. The summed E-state index contributed by atoms with van der Waals surface area (Å²) in [7, 11) is 1.87. The lowest BCUT2D eigenvalue weighted by Crippen LogP contribution is -2.37. The summed E-state index contributed by atoms with van der Waals surface area (Å²) in [6.07, 6.45) is 2.75. The molecular weight excluding hydrogens is 346 g/mol. The van der Waals surface area contributed by atoms with Crippen molar-refractivity contribution < 1.29 is 4.74 Å². The maximum absolute atomic E-state index is 6.01. The minimum absolute atomic E-state index is 0.126. The van der Waals surface area contributed by atoms with Crippen molar-refractivity contribution in [3.05, 3.63) is 46.2 Å². The number of nitrogens with two attached hydrogens (primary N) is 1. The van der Waals surface area contributed by atoms with Gasteiger partial charge in [-0.25, -0.2) is 4.99 Å². The standard InChI is InChI=1S/C15H18BrN5O/c1-21-9-11(16)13(20-21)8-18-15(17)19-12-6-7-22-14-5-3-2-4-10(12)14/h2-5,9,12H,6-8H2,1H3,(H3,17,18,19). The fourth-order valence-corrected chi connectivity index (χ4v) is 2.99. The molecule has 1 aromatic carbocycles. The van der Waals surface area contributed by atoms with Gasteiger partial charge in [-0.2, -0.15) is 5.10 Å². The molecule has 3 rings (SSSR count). The van der Waals surface area contributed by atoms with Crippen molar-refractivity contribution in [2.45, 2.75) is 19.0 Å². The Labute approximate surface area is 137 Å². The van der Waals surface area contributed by atoms with E-state index >= 15 is 0 Å². The van der Waals surface area contributed by atoms with E-state index in [1.165, 1.54) is 0 Å². The topological polar surface area (TPSA) is 77.5 Å². The van der Waals surface area contributed by atoms with Crippen LogP contribution in [0.2, 0.25) is 0 Å². The molecule has 0 bridgehead atoms. The van der Waals surface area contributed by atoms with Crippen molar-refractivity contribution in [3.63, 3.8) is 0 Å². The van der Waals surface area contributed by atoms with Crippen LogP contribution in [0.5, 0.6) is 5.75 Å². The van der Waals surface area contributed by atoms with Crippen molar-refractivity contribution >= 4 is 21.9 Å². The molecule has 7 heteroatoms. The lowest BCUT2D eigenvalue weighted by atomic mass is 10.0. The third kappa shape index (κ3) is 3.24. The summed E-state index contributed by atoms with van der Waals surface area (Å²) in [6, 6.07) is 8.12. The third-order valence-corrected chi connectivity index (χ3v) is 4.20. The highest BCUT2D eigenvalue weighted by atomic mass is 79.9. The first-order valence-electron chi connectivity index (χ1n) is 7.09. The van der Waals surface area contributed by atoms with E-state index < -0.39 is 0 Å². The molecule has 116 valence electrons. The number of hydrogen-bond donors (Lipinski definition) is 2. The van der Waals surface area contributed by atoms with Gasteiger partial charge in [-0.3, -0.25) is 4.68 Å². The molecule has 3 N–H and O–H groups in total. The van der Waals surface area contributed by atoms with Gasteiger partial charge in [-0.05, 0) is 22.0 Å². The molecule has 2 aromatic rings. The number of para-hydroxylation sites is 1. The van der Waals surface area contributed by atoms with Gasteiger partial charge in [-0.15, -0.1) is 0 Å². The van der Waals surface area contributed by atoms with E-state index in [4.69, 9.17) is 10.5 Å². The van der Waals surface area contributed by atoms with E-state index in [1.807, 2.05) is 31.4 Å². The highest BCUT2D eigenvalue weighted by Crippen LogP contribution is 2.31. The first-order valence-corrected chi connectivity index (χ1v) is 7.89. The summed E-state index contributed by atoms with van der Waals surface area (Å²) >= 11 is 3.46. The lowest BCUT2D eigenvalue weighted by Gasteiger charge is -2.26. The van der Waals surface area contributed by atoms with Crippen LogP contribution < -0.4 is 15.8 Å². The second-order valence-electron chi connectivity index (χ2n) is 5.17. The Balaban J connectivity index is 1.68. The molecule has 22 heavy (non-hydrogen) atoms. The highest BCUT2D eigenvalue weighted by molar-refractivity contribution is 9.10. The fraction of sp³-hybridized carbons (Fsp3) is 0.333. The molecule has 0 aliphatic carbocycles. The largest absolute Gasteiger partial charge is 0.493 e.